The summed E-state index contributed by atoms with van der Waals surface area (Å²) in [5.74, 6) is -1.22. The molecule has 0 bridgehead atoms. The van der Waals surface area contributed by atoms with Gasteiger partial charge in [0, 0.05) is 25.1 Å². The van der Waals surface area contributed by atoms with E-state index in [1.807, 2.05) is 24.3 Å². The van der Waals surface area contributed by atoms with Crippen LogP contribution < -0.4 is 10.6 Å². The summed E-state index contributed by atoms with van der Waals surface area (Å²) in [5.41, 5.74) is 2.13. The lowest BCUT2D eigenvalue weighted by atomic mass is 10.1. The molecule has 7 heteroatoms. The average Bonchev–Trinajstić information content (AvgIpc) is 2.77. The van der Waals surface area contributed by atoms with Gasteiger partial charge in [-0.15, -0.1) is 0 Å². The lowest BCUT2D eigenvalue weighted by Crippen LogP contribution is -2.28. The highest BCUT2D eigenvalue weighted by molar-refractivity contribution is 5.91. The smallest absolute Gasteiger partial charge is 0.325 e. The van der Waals surface area contributed by atoms with E-state index in [0.29, 0.717) is 37.1 Å². The molecular weight excluding hydrogens is 396 g/mol. The van der Waals surface area contributed by atoms with E-state index in [0.717, 1.165) is 24.8 Å². The van der Waals surface area contributed by atoms with Crippen molar-refractivity contribution in [1.29, 1.82) is 0 Å². The highest BCUT2D eigenvalue weighted by atomic mass is 16.4. The highest BCUT2D eigenvalue weighted by Crippen LogP contribution is 2.19. The number of benzene rings is 2. The van der Waals surface area contributed by atoms with Crippen LogP contribution in [0.4, 0.5) is 5.69 Å². The Labute approximate surface area is 182 Å². The van der Waals surface area contributed by atoms with E-state index in [-0.39, 0.29) is 11.7 Å². The molecule has 1 amide bonds. The third-order valence-electron chi connectivity index (χ3n) is 4.95. The van der Waals surface area contributed by atoms with E-state index >= 15 is 0 Å². The maximum atomic E-state index is 12.3. The molecule has 2 aromatic carbocycles. The third-order valence-corrected chi connectivity index (χ3v) is 4.95. The number of rotatable bonds is 14. The van der Waals surface area contributed by atoms with Crippen molar-refractivity contribution < 1.29 is 24.6 Å². The van der Waals surface area contributed by atoms with Crippen molar-refractivity contribution in [1.82, 2.24) is 5.32 Å². The number of anilines is 1. The standard InChI is InChI=1S/C24H30N2O5/c27-17-20(28)13-6-1-2-7-15-22(29)26-21-14-9-8-12-19(21)16-25-23(24(30)31)18-10-4-3-5-11-18/h3-5,8-12,14,23,25,27H,1-2,6-7,13,15-17H2,(H,26,29)(H,30,31). The van der Waals surface area contributed by atoms with Crippen LogP contribution in [0.2, 0.25) is 0 Å². The Morgan fingerprint density at radius 2 is 1.48 bits per heavy atom. The van der Waals surface area contributed by atoms with Gasteiger partial charge < -0.3 is 15.5 Å². The predicted molar refractivity (Wildman–Crippen MR) is 119 cm³/mol. The number of unbranched alkanes of at least 4 members (excludes halogenated alkanes) is 3. The van der Waals surface area contributed by atoms with E-state index < -0.39 is 18.6 Å². The topological polar surface area (TPSA) is 116 Å². The molecule has 0 saturated heterocycles. The van der Waals surface area contributed by atoms with Crippen molar-refractivity contribution >= 4 is 23.3 Å². The van der Waals surface area contributed by atoms with Crippen molar-refractivity contribution in [3.63, 3.8) is 0 Å². The molecule has 0 fully saturated rings. The summed E-state index contributed by atoms with van der Waals surface area (Å²) in [5, 5.41) is 24.2. The molecule has 0 aliphatic heterocycles. The summed E-state index contributed by atoms with van der Waals surface area (Å²) in [6.45, 7) is -0.115. The van der Waals surface area contributed by atoms with E-state index in [4.69, 9.17) is 5.11 Å². The molecule has 0 aliphatic rings. The van der Waals surface area contributed by atoms with Gasteiger partial charge in [-0.2, -0.15) is 0 Å². The minimum absolute atomic E-state index is 0.100. The monoisotopic (exact) mass is 426 g/mol. The molecule has 0 spiro atoms. The van der Waals surface area contributed by atoms with Gasteiger partial charge in [-0.1, -0.05) is 61.4 Å². The first-order valence-electron chi connectivity index (χ1n) is 10.5. The van der Waals surface area contributed by atoms with E-state index in [9.17, 15) is 19.5 Å². The first-order valence-corrected chi connectivity index (χ1v) is 10.5. The van der Waals surface area contributed by atoms with Gasteiger partial charge in [0.2, 0.25) is 5.91 Å². The number of carboxylic acids is 1. The molecule has 0 saturated carbocycles. The molecule has 0 aliphatic carbocycles. The largest absolute Gasteiger partial charge is 0.480 e. The van der Waals surface area contributed by atoms with Gasteiger partial charge >= 0.3 is 5.97 Å². The van der Waals surface area contributed by atoms with Crippen LogP contribution in [0, 0.1) is 0 Å². The number of amides is 1. The van der Waals surface area contributed by atoms with Gasteiger partial charge in [-0.25, -0.2) is 0 Å². The van der Waals surface area contributed by atoms with Crippen LogP contribution in [0.5, 0.6) is 0 Å². The number of carbonyl (C=O) groups excluding carboxylic acids is 2. The number of para-hydroxylation sites is 1. The lowest BCUT2D eigenvalue weighted by molar-refractivity contribution is -0.139. The first kappa shape index (κ1) is 24.2. The molecule has 2 rings (SSSR count). The van der Waals surface area contributed by atoms with Gasteiger partial charge in [0.25, 0.3) is 0 Å². The van der Waals surface area contributed by atoms with Crippen LogP contribution in [0.25, 0.3) is 0 Å². The van der Waals surface area contributed by atoms with Crippen molar-refractivity contribution in [2.24, 2.45) is 0 Å². The molecule has 1 unspecified atom stereocenters. The summed E-state index contributed by atoms with van der Waals surface area (Å²) >= 11 is 0. The van der Waals surface area contributed by atoms with Crippen LogP contribution in [0.15, 0.2) is 54.6 Å². The molecule has 4 N–H and O–H groups in total. The zero-order valence-electron chi connectivity index (χ0n) is 17.5. The fraction of sp³-hybridized carbons (Fsp3) is 0.375. The molecule has 0 aromatic heterocycles. The minimum atomic E-state index is -0.964. The Balaban J connectivity index is 1.83. The normalized spacial score (nSPS) is 11.6. The summed E-state index contributed by atoms with van der Waals surface area (Å²) < 4.78 is 0. The number of carbonyl (C=O) groups is 3. The second-order valence-corrected chi connectivity index (χ2v) is 7.38. The quantitative estimate of drug-likeness (QED) is 0.344. The number of aliphatic hydroxyl groups excluding tert-OH is 1. The second-order valence-electron chi connectivity index (χ2n) is 7.38. The van der Waals surface area contributed by atoms with Crippen molar-refractivity contribution in [3.8, 4) is 0 Å². The molecule has 1 atom stereocenters. The summed E-state index contributed by atoms with van der Waals surface area (Å²) in [6, 6.07) is 15.4. The number of ketones is 1. The Bertz CT molecular complexity index is 854. The zero-order valence-corrected chi connectivity index (χ0v) is 17.5. The van der Waals surface area contributed by atoms with E-state index in [1.54, 1.807) is 30.3 Å². The SMILES string of the molecule is O=C(CO)CCCCCCC(=O)Nc1ccccc1CNC(C(=O)O)c1ccccc1. The molecule has 7 nitrogen and oxygen atoms in total. The minimum Gasteiger partial charge on any atom is -0.480 e. The van der Waals surface area contributed by atoms with Crippen molar-refractivity contribution in [2.75, 3.05) is 11.9 Å². The molecule has 0 radical (unpaired) electrons. The second kappa shape index (κ2) is 13.3. The average molecular weight is 427 g/mol. The van der Waals surface area contributed by atoms with Crippen LogP contribution in [-0.2, 0) is 20.9 Å². The Hall–Kier alpha value is -3.03. The van der Waals surface area contributed by atoms with Crippen molar-refractivity contribution in [2.45, 2.75) is 51.1 Å². The maximum absolute atomic E-state index is 12.3. The highest BCUT2D eigenvalue weighted by Gasteiger charge is 2.19. The van der Waals surface area contributed by atoms with Crippen molar-refractivity contribution in [3.05, 3.63) is 65.7 Å². The molecular formula is C24H30N2O5. The zero-order chi connectivity index (χ0) is 22.5. The van der Waals surface area contributed by atoms with E-state index in [2.05, 4.69) is 10.6 Å². The number of aliphatic hydroxyl groups is 1. The van der Waals surface area contributed by atoms with Crippen LogP contribution >= 0.6 is 0 Å². The lowest BCUT2D eigenvalue weighted by Gasteiger charge is -2.17. The molecule has 2 aromatic rings. The Morgan fingerprint density at radius 3 is 2.16 bits per heavy atom. The number of Topliss-reactive ketones (excluding diaryl/α,β-unsaturated/α-hetero) is 1. The number of hydrogen-bond donors (Lipinski definition) is 4. The Morgan fingerprint density at radius 1 is 0.839 bits per heavy atom. The van der Waals surface area contributed by atoms with Crippen LogP contribution in [0.1, 0.15) is 55.7 Å². The summed E-state index contributed by atoms with van der Waals surface area (Å²) in [4.78, 5) is 35.0. The van der Waals surface area contributed by atoms with E-state index in [1.165, 1.54) is 0 Å². The van der Waals surface area contributed by atoms with Gasteiger partial charge in [0.15, 0.2) is 5.78 Å². The van der Waals surface area contributed by atoms with Gasteiger partial charge in [0.05, 0.1) is 0 Å². The fourth-order valence-electron chi connectivity index (χ4n) is 3.25. The summed E-state index contributed by atoms with van der Waals surface area (Å²) in [6.07, 6.45) is 3.87. The molecule has 166 valence electrons. The third kappa shape index (κ3) is 8.70. The number of carboxylic acid groups (broad SMARTS) is 1. The molecule has 31 heavy (non-hydrogen) atoms. The number of aliphatic carboxylic acids is 1. The van der Waals surface area contributed by atoms with Gasteiger partial charge in [-0.05, 0) is 30.0 Å². The Kier molecular flexibility index (Phi) is 10.4. The van der Waals surface area contributed by atoms with Crippen LogP contribution in [-0.4, -0.2) is 34.5 Å². The number of nitrogens with one attached hydrogen (secondary N) is 2. The fourth-order valence-corrected chi connectivity index (χ4v) is 3.25. The summed E-state index contributed by atoms with van der Waals surface area (Å²) in [7, 11) is 0. The van der Waals surface area contributed by atoms with Gasteiger partial charge in [-0.3, -0.25) is 19.7 Å². The van der Waals surface area contributed by atoms with Gasteiger partial charge in [0.1, 0.15) is 12.6 Å². The molecule has 0 heterocycles. The maximum Gasteiger partial charge on any atom is 0.325 e. The predicted octanol–water partition coefficient (Wildman–Crippen LogP) is 3.44. The number of hydrogen-bond acceptors (Lipinski definition) is 5. The first-order chi connectivity index (χ1) is 15.0. The van der Waals surface area contributed by atoms with Crippen LogP contribution in [0.3, 0.4) is 0 Å².